The quantitative estimate of drug-likeness (QED) is 0.609. The normalized spacial score (nSPS) is 29.1. The Morgan fingerprint density at radius 3 is 2.74 bits per heavy atom. The van der Waals surface area contributed by atoms with Crippen LogP contribution in [0.15, 0.2) is 10.6 Å². The van der Waals surface area contributed by atoms with Crippen LogP contribution in [0, 0.1) is 5.92 Å². The molecule has 0 bridgehead atoms. The predicted molar refractivity (Wildman–Crippen MR) is 74.4 cm³/mol. The summed E-state index contributed by atoms with van der Waals surface area (Å²) in [6.07, 6.45) is 1.10. The fourth-order valence-corrected chi connectivity index (χ4v) is 4.58. The number of aliphatic carboxylic acids is 1. The molecule has 2 heterocycles. The first kappa shape index (κ1) is 14.7. The van der Waals surface area contributed by atoms with E-state index >= 15 is 0 Å². The Morgan fingerprint density at radius 2 is 2.26 bits per heavy atom. The number of carboxylic acids is 1. The topological polar surface area (TPSA) is 104 Å². The summed E-state index contributed by atoms with van der Waals surface area (Å²) in [5.41, 5.74) is 5.96. The average Bonchev–Trinajstić information content (AvgIpc) is 2.64. The van der Waals surface area contributed by atoms with Crippen molar-refractivity contribution in [3.05, 3.63) is 10.6 Å². The van der Waals surface area contributed by atoms with Crippen molar-refractivity contribution < 1.29 is 19.8 Å². The summed E-state index contributed by atoms with van der Waals surface area (Å²) in [5, 5.41) is 18.5. The molecule has 2 aliphatic heterocycles. The maximum Gasteiger partial charge on any atom is 0.353 e. The summed E-state index contributed by atoms with van der Waals surface area (Å²) >= 11 is 2.81. The van der Waals surface area contributed by atoms with Crippen LogP contribution in [-0.2, 0) is 9.59 Å². The van der Waals surface area contributed by atoms with Gasteiger partial charge in [-0.05, 0) is 13.2 Å². The molecule has 3 unspecified atom stereocenters. The number of hydrogen-bond donors (Lipinski definition) is 3. The summed E-state index contributed by atoms with van der Waals surface area (Å²) in [5.74, 6) is -1.43. The third-order valence-electron chi connectivity index (χ3n) is 3.21. The van der Waals surface area contributed by atoms with Crippen molar-refractivity contribution >= 4 is 35.4 Å². The van der Waals surface area contributed by atoms with Gasteiger partial charge in [0.05, 0.1) is 12.0 Å². The number of nitrogens with two attached hydrogens (primary N) is 1. The zero-order valence-corrected chi connectivity index (χ0v) is 12.2. The summed E-state index contributed by atoms with van der Waals surface area (Å²) in [6.45, 7) is 1.54. The number of amides is 1. The molecule has 0 aliphatic carbocycles. The maximum absolute atomic E-state index is 11.9. The average molecular weight is 304 g/mol. The number of carbonyl (C=O) groups is 2. The molecule has 0 aromatic heterocycles. The molecule has 0 spiro atoms. The van der Waals surface area contributed by atoms with E-state index in [1.807, 2.05) is 6.26 Å². The highest BCUT2D eigenvalue weighted by molar-refractivity contribution is 8.04. The molecule has 4 N–H and O–H groups in total. The molecular weight excluding hydrogens is 288 g/mol. The van der Waals surface area contributed by atoms with Crippen LogP contribution < -0.4 is 5.73 Å². The van der Waals surface area contributed by atoms with Gasteiger partial charge in [-0.25, -0.2) is 4.79 Å². The minimum atomic E-state index is -1.14. The number of thioether (sulfide) groups is 2. The van der Waals surface area contributed by atoms with Gasteiger partial charge in [-0.1, -0.05) is 11.8 Å². The van der Waals surface area contributed by atoms with Gasteiger partial charge in [-0.2, -0.15) is 11.8 Å². The van der Waals surface area contributed by atoms with Gasteiger partial charge < -0.3 is 15.9 Å². The Hall–Kier alpha value is -0.700. The molecule has 4 atom stereocenters. The number of carboxylic acid groups (broad SMARTS) is 1. The number of hydrogen-bond acceptors (Lipinski definition) is 6. The standard InChI is InChI=1S/C11H16N2O4S2/c1-4(14)6-9(15)13-7(11(16)17)8(19-10(6)13)5(12)3-18-2/h4-6,10,14H,3,12H2,1-2H3,(H,16,17)/t4?,5?,6?,10-/m0/s1. The Balaban J connectivity index is 2.29. The van der Waals surface area contributed by atoms with Crippen LogP contribution in [0.1, 0.15) is 6.92 Å². The lowest BCUT2D eigenvalue weighted by molar-refractivity contribution is -0.156. The molecular formula is C11H16N2O4S2. The van der Waals surface area contributed by atoms with E-state index in [0.29, 0.717) is 10.7 Å². The van der Waals surface area contributed by atoms with Gasteiger partial charge in [-0.15, -0.1) is 0 Å². The van der Waals surface area contributed by atoms with E-state index in [1.165, 1.54) is 28.4 Å². The van der Waals surface area contributed by atoms with Gasteiger partial charge in [0.25, 0.3) is 0 Å². The fourth-order valence-electron chi connectivity index (χ4n) is 2.33. The number of fused-ring (bicyclic) bond motifs is 1. The zero-order chi connectivity index (χ0) is 14.3. The highest BCUT2D eigenvalue weighted by atomic mass is 32.2. The molecule has 0 saturated carbocycles. The maximum atomic E-state index is 11.9. The molecule has 0 radical (unpaired) electrons. The molecule has 0 aromatic carbocycles. The van der Waals surface area contributed by atoms with Crippen LogP contribution in [0.2, 0.25) is 0 Å². The molecule has 1 fully saturated rings. The van der Waals surface area contributed by atoms with E-state index in [9.17, 15) is 19.8 Å². The van der Waals surface area contributed by atoms with E-state index < -0.39 is 24.0 Å². The number of β-lactam (4-membered cyclic amide) rings is 1. The lowest BCUT2D eigenvalue weighted by Gasteiger charge is -2.43. The van der Waals surface area contributed by atoms with Crippen molar-refractivity contribution in [3.8, 4) is 0 Å². The fraction of sp³-hybridized carbons (Fsp3) is 0.636. The largest absolute Gasteiger partial charge is 0.477 e. The molecule has 1 saturated heterocycles. The van der Waals surface area contributed by atoms with Crippen molar-refractivity contribution in [2.45, 2.75) is 24.4 Å². The minimum absolute atomic E-state index is 0.0153. The Morgan fingerprint density at radius 1 is 1.63 bits per heavy atom. The third kappa shape index (κ3) is 2.26. The van der Waals surface area contributed by atoms with Gasteiger partial charge in [0.1, 0.15) is 11.1 Å². The number of aliphatic hydroxyl groups excluding tert-OH is 1. The monoisotopic (exact) mass is 304 g/mol. The van der Waals surface area contributed by atoms with Crippen LogP contribution in [-0.4, -0.2) is 56.5 Å². The minimum Gasteiger partial charge on any atom is -0.477 e. The van der Waals surface area contributed by atoms with Crippen LogP contribution in [0.3, 0.4) is 0 Å². The van der Waals surface area contributed by atoms with Crippen LogP contribution in [0.25, 0.3) is 0 Å². The summed E-state index contributed by atoms with van der Waals surface area (Å²) in [7, 11) is 0. The van der Waals surface area contributed by atoms with E-state index in [0.717, 1.165) is 0 Å². The first-order valence-corrected chi connectivity index (χ1v) is 8.07. The number of aliphatic hydroxyl groups is 1. The summed E-state index contributed by atoms with van der Waals surface area (Å²) in [4.78, 5) is 25.1. The highest BCUT2D eigenvalue weighted by Gasteiger charge is 2.58. The van der Waals surface area contributed by atoms with Gasteiger partial charge in [0.2, 0.25) is 5.91 Å². The van der Waals surface area contributed by atoms with Crippen LogP contribution in [0.5, 0.6) is 0 Å². The van der Waals surface area contributed by atoms with Crippen molar-refractivity contribution in [3.63, 3.8) is 0 Å². The van der Waals surface area contributed by atoms with Gasteiger partial charge in [0.15, 0.2) is 0 Å². The van der Waals surface area contributed by atoms with Crippen molar-refractivity contribution in [1.82, 2.24) is 4.90 Å². The highest BCUT2D eigenvalue weighted by Crippen LogP contribution is 2.51. The van der Waals surface area contributed by atoms with Crippen LogP contribution in [0.4, 0.5) is 0 Å². The first-order valence-electron chi connectivity index (χ1n) is 5.80. The second-order valence-electron chi connectivity index (χ2n) is 4.56. The lowest BCUT2D eigenvalue weighted by atomic mass is 9.92. The second-order valence-corrected chi connectivity index (χ2v) is 6.63. The van der Waals surface area contributed by atoms with Crippen molar-refractivity contribution in [2.75, 3.05) is 12.0 Å². The van der Waals surface area contributed by atoms with E-state index in [2.05, 4.69) is 0 Å². The lowest BCUT2D eigenvalue weighted by Crippen LogP contribution is -2.60. The van der Waals surface area contributed by atoms with Gasteiger partial charge in [-0.3, -0.25) is 9.69 Å². The SMILES string of the molecule is CSCC(N)C1=C(C(=O)O)N2C(=O)C(C(C)O)[C@@H]2S1. The molecule has 1 amide bonds. The summed E-state index contributed by atoms with van der Waals surface area (Å²) in [6, 6.07) is -0.404. The van der Waals surface area contributed by atoms with E-state index in [-0.39, 0.29) is 17.0 Å². The number of carbonyl (C=O) groups excluding carboxylic acids is 1. The summed E-state index contributed by atoms with van der Waals surface area (Å²) < 4.78 is 0. The smallest absolute Gasteiger partial charge is 0.353 e. The van der Waals surface area contributed by atoms with E-state index in [1.54, 1.807) is 6.92 Å². The molecule has 8 heteroatoms. The molecule has 2 rings (SSSR count). The van der Waals surface area contributed by atoms with E-state index in [4.69, 9.17) is 5.73 Å². The van der Waals surface area contributed by atoms with Crippen molar-refractivity contribution in [2.24, 2.45) is 11.7 Å². The Labute approximate surface area is 119 Å². The molecule has 0 aromatic rings. The van der Waals surface area contributed by atoms with Crippen LogP contribution >= 0.6 is 23.5 Å². The predicted octanol–water partition coefficient (Wildman–Crippen LogP) is -0.115. The number of rotatable bonds is 5. The third-order valence-corrected chi connectivity index (χ3v) is 5.40. The number of nitrogens with zero attached hydrogens (tertiary/aromatic N) is 1. The molecule has 106 valence electrons. The molecule has 19 heavy (non-hydrogen) atoms. The molecule has 6 nitrogen and oxygen atoms in total. The van der Waals surface area contributed by atoms with Crippen molar-refractivity contribution in [1.29, 1.82) is 0 Å². The van der Waals surface area contributed by atoms with Gasteiger partial charge in [0, 0.05) is 16.7 Å². The molecule has 2 aliphatic rings. The van der Waals surface area contributed by atoms with Gasteiger partial charge >= 0.3 is 5.97 Å². The Bertz CT molecular complexity index is 452. The first-order chi connectivity index (χ1) is 8.90. The zero-order valence-electron chi connectivity index (χ0n) is 10.6. The second kappa shape index (κ2) is 5.35. The Kier molecular flexibility index (Phi) is 4.14.